The number of nitrogens with zero attached hydrogens (tertiary/aromatic N) is 1. The Balaban J connectivity index is 1.80. The second kappa shape index (κ2) is 4.77. The normalized spacial score (nSPS) is 30.3. The summed E-state index contributed by atoms with van der Waals surface area (Å²) in [6, 6.07) is 0. The van der Waals surface area contributed by atoms with E-state index >= 15 is 0 Å². The Morgan fingerprint density at radius 3 is 2.22 bits per heavy atom. The molecule has 3 nitrogen and oxygen atoms in total. The molecule has 1 N–H and O–H groups in total. The van der Waals surface area contributed by atoms with Crippen LogP contribution in [-0.4, -0.2) is 49.8 Å². The van der Waals surface area contributed by atoms with Crippen molar-refractivity contribution >= 4 is 0 Å². The van der Waals surface area contributed by atoms with Gasteiger partial charge in [0.1, 0.15) is 0 Å². The van der Waals surface area contributed by atoms with E-state index in [0.717, 1.165) is 32.2 Å². The van der Waals surface area contributed by atoms with Gasteiger partial charge in [0.25, 0.3) is 0 Å². The number of piperazine rings is 1. The first-order chi connectivity index (χ1) is 8.67. The standard InChI is InChI=1S/C15H28N2O/c1-14(2,17-9-7-16-8-10-17)15(11-18-12-15)13-5-3-4-6-13/h13,16H,3-12H2,1-2H3. The molecule has 3 heteroatoms. The summed E-state index contributed by atoms with van der Waals surface area (Å²) >= 11 is 0. The molecule has 0 amide bonds. The van der Waals surface area contributed by atoms with Crippen LogP contribution in [0, 0.1) is 11.3 Å². The zero-order valence-electron chi connectivity index (χ0n) is 12.0. The molecule has 0 bridgehead atoms. The SMILES string of the molecule is CC(C)(N1CCNCC1)C1(C2CCCC2)COC1. The van der Waals surface area contributed by atoms with Crippen molar-refractivity contribution in [3.05, 3.63) is 0 Å². The van der Waals surface area contributed by atoms with Gasteiger partial charge in [0.15, 0.2) is 0 Å². The molecule has 1 aliphatic carbocycles. The summed E-state index contributed by atoms with van der Waals surface area (Å²) in [5.74, 6) is 0.899. The van der Waals surface area contributed by atoms with Gasteiger partial charge in [0.05, 0.1) is 13.2 Å². The Morgan fingerprint density at radius 1 is 1.11 bits per heavy atom. The van der Waals surface area contributed by atoms with Gasteiger partial charge in [-0.05, 0) is 32.6 Å². The van der Waals surface area contributed by atoms with Crippen molar-refractivity contribution in [2.24, 2.45) is 11.3 Å². The Morgan fingerprint density at radius 2 is 1.72 bits per heavy atom. The van der Waals surface area contributed by atoms with Gasteiger partial charge in [-0.15, -0.1) is 0 Å². The van der Waals surface area contributed by atoms with Crippen LogP contribution in [0.25, 0.3) is 0 Å². The van der Waals surface area contributed by atoms with Crippen LogP contribution in [0.1, 0.15) is 39.5 Å². The molecule has 1 saturated carbocycles. The average Bonchev–Trinajstić information content (AvgIpc) is 2.82. The van der Waals surface area contributed by atoms with E-state index in [1.165, 1.54) is 38.8 Å². The van der Waals surface area contributed by atoms with Crippen LogP contribution in [0.15, 0.2) is 0 Å². The van der Waals surface area contributed by atoms with Crippen LogP contribution < -0.4 is 5.32 Å². The molecule has 0 aromatic carbocycles. The van der Waals surface area contributed by atoms with Crippen LogP contribution in [0.4, 0.5) is 0 Å². The summed E-state index contributed by atoms with van der Waals surface area (Å²) in [6.45, 7) is 11.6. The van der Waals surface area contributed by atoms with Gasteiger partial charge in [-0.1, -0.05) is 12.8 Å². The molecule has 3 rings (SSSR count). The van der Waals surface area contributed by atoms with Crippen LogP contribution in [0.5, 0.6) is 0 Å². The number of hydrogen-bond donors (Lipinski definition) is 1. The minimum absolute atomic E-state index is 0.294. The lowest BCUT2D eigenvalue weighted by Gasteiger charge is -2.60. The quantitative estimate of drug-likeness (QED) is 0.830. The molecule has 0 radical (unpaired) electrons. The molecule has 3 fully saturated rings. The van der Waals surface area contributed by atoms with E-state index in [1.807, 2.05) is 0 Å². The van der Waals surface area contributed by atoms with E-state index < -0.39 is 0 Å². The highest BCUT2D eigenvalue weighted by atomic mass is 16.5. The fourth-order valence-corrected chi connectivity index (χ4v) is 4.43. The number of hydrogen-bond acceptors (Lipinski definition) is 3. The third kappa shape index (κ3) is 1.83. The van der Waals surface area contributed by atoms with Gasteiger partial charge in [-0.25, -0.2) is 0 Å². The molecule has 104 valence electrons. The predicted octanol–water partition coefficient (Wildman–Crippen LogP) is 1.88. The Labute approximate surface area is 111 Å². The third-order valence-corrected chi connectivity index (χ3v) is 5.98. The van der Waals surface area contributed by atoms with Gasteiger partial charge >= 0.3 is 0 Å². The van der Waals surface area contributed by atoms with E-state index in [9.17, 15) is 0 Å². The molecule has 3 aliphatic rings. The monoisotopic (exact) mass is 252 g/mol. The molecular formula is C15H28N2O. The highest BCUT2D eigenvalue weighted by molar-refractivity contribution is 5.08. The topological polar surface area (TPSA) is 24.5 Å². The van der Waals surface area contributed by atoms with E-state index in [2.05, 4.69) is 24.1 Å². The van der Waals surface area contributed by atoms with Crippen molar-refractivity contribution in [1.82, 2.24) is 10.2 Å². The van der Waals surface area contributed by atoms with Gasteiger partial charge in [0, 0.05) is 37.1 Å². The van der Waals surface area contributed by atoms with Crippen LogP contribution >= 0.6 is 0 Å². The lowest BCUT2D eigenvalue weighted by Crippen LogP contribution is -2.69. The molecule has 2 heterocycles. The first-order valence-corrected chi connectivity index (χ1v) is 7.70. The van der Waals surface area contributed by atoms with Crippen molar-refractivity contribution < 1.29 is 4.74 Å². The summed E-state index contributed by atoms with van der Waals surface area (Å²) < 4.78 is 5.69. The van der Waals surface area contributed by atoms with E-state index in [1.54, 1.807) is 0 Å². The summed E-state index contributed by atoms with van der Waals surface area (Å²) in [5, 5.41) is 3.47. The molecular weight excluding hydrogens is 224 g/mol. The van der Waals surface area contributed by atoms with Gasteiger partial charge in [-0.3, -0.25) is 4.90 Å². The number of nitrogens with one attached hydrogen (secondary N) is 1. The second-order valence-corrected chi connectivity index (χ2v) is 6.93. The summed E-state index contributed by atoms with van der Waals surface area (Å²) in [7, 11) is 0. The Bertz CT molecular complexity index is 287. The minimum Gasteiger partial charge on any atom is -0.380 e. The molecule has 2 aliphatic heterocycles. The molecule has 18 heavy (non-hydrogen) atoms. The van der Waals surface area contributed by atoms with Crippen molar-refractivity contribution in [3.8, 4) is 0 Å². The maximum absolute atomic E-state index is 5.69. The van der Waals surface area contributed by atoms with Gasteiger partial charge in [-0.2, -0.15) is 0 Å². The molecule has 0 unspecified atom stereocenters. The minimum atomic E-state index is 0.294. The summed E-state index contributed by atoms with van der Waals surface area (Å²) in [6.07, 6.45) is 5.73. The lowest BCUT2D eigenvalue weighted by molar-refractivity contribution is -0.215. The smallest absolute Gasteiger partial charge is 0.0565 e. The van der Waals surface area contributed by atoms with Crippen molar-refractivity contribution in [3.63, 3.8) is 0 Å². The highest BCUT2D eigenvalue weighted by Crippen LogP contribution is 2.53. The predicted molar refractivity (Wildman–Crippen MR) is 73.7 cm³/mol. The Kier molecular flexibility index (Phi) is 3.41. The van der Waals surface area contributed by atoms with Gasteiger partial charge in [0.2, 0.25) is 0 Å². The molecule has 0 aromatic heterocycles. The fraction of sp³-hybridized carbons (Fsp3) is 1.00. The summed E-state index contributed by atoms with van der Waals surface area (Å²) in [4.78, 5) is 2.71. The van der Waals surface area contributed by atoms with Crippen LogP contribution in [-0.2, 0) is 4.74 Å². The van der Waals surface area contributed by atoms with Crippen LogP contribution in [0.3, 0.4) is 0 Å². The Hall–Kier alpha value is -0.120. The highest BCUT2D eigenvalue weighted by Gasteiger charge is 2.57. The molecule has 2 saturated heterocycles. The number of rotatable bonds is 3. The zero-order valence-corrected chi connectivity index (χ0v) is 12.0. The number of ether oxygens (including phenoxy) is 1. The van der Waals surface area contributed by atoms with E-state index in [4.69, 9.17) is 4.74 Å². The van der Waals surface area contributed by atoms with Crippen molar-refractivity contribution in [1.29, 1.82) is 0 Å². The molecule has 0 atom stereocenters. The molecule has 0 aromatic rings. The fourth-order valence-electron chi connectivity index (χ4n) is 4.43. The average molecular weight is 252 g/mol. The summed E-state index contributed by atoms with van der Waals surface area (Å²) in [5.41, 5.74) is 0.725. The lowest BCUT2D eigenvalue weighted by atomic mass is 9.60. The maximum Gasteiger partial charge on any atom is 0.0565 e. The largest absolute Gasteiger partial charge is 0.380 e. The van der Waals surface area contributed by atoms with E-state index in [-0.39, 0.29) is 0 Å². The van der Waals surface area contributed by atoms with E-state index in [0.29, 0.717) is 11.0 Å². The second-order valence-electron chi connectivity index (χ2n) is 6.93. The zero-order chi connectivity index (χ0) is 12.6. The first kappa shape index (κ1) is 12.9. The maximum atomic E-state index is 5.69. The van der Waals surface area contributed by atoms with Crippen LogP contribution in [0.2, 0.25) is 0 Å². The van der Waals surface area contributed by atoms with Gasteiger partial charge < -0.3 is 10.1 Å². The third-order valence-electron chi connectivity index (χ3n) is 5.98. The first-order valence-electron chi connectivity index (χ1n) is 7.70. The molecule has 0 spiro atoms. The van der Waals surface area contributed by atoms with Crippen molar-refractivity contribution in [2.75, 3.05) is 39.4 Å². The van der Waals surface area contributed by atoms with Crippen molar-refractivity contribution in [2.45, 2.75) is 45.1 Å².